The van der Waals surface area contributed by atoms with Crippen molar-refractivity contribution >= 4 is 17.4 Å². The van der Waals surface area contributed by atoms with Crippen LogP contribution >= 0.6 is 0 Å². The quantitative estimate of drug-likeness (QED) is 0.899. The summed E-state index contributed by atoms with van der Waals surface area (Å²) in [6.07, 6.45) is 3.38. The molecule has 2 aromatic rings. The molecule has 1 aromatic heterocycles. The van der Waals surface area contributed by atoms with Crippen molar-refractivity contribution in [1.82, 2.24) is 4.98 Å². The number of nitrogens with one attached hydrogen (secondary N) is 2. The first-order valence-corrected chi connectivity index (χ1v) is 6.81. The van der Waals surface area contributed by atoms with Crippen molar-refractivity contribution in [2.45, 2.75) is 25.8 Å². The van der Waals surface area contributed by atoms with Gasteiger partial charge in [-0.05, 0) is 37.0 Å². The molecule has 2 N–H and O–H groups in total. The van der Waals surface area contributed by atoms with E-state index in [1.807, 2.05) is 31.2 Å². The zero-order chi connectivity index (χ0) is 13.9. The number of benzene rings is 1. The predicted octanol–water partition coefficient (Wildman–Crippen LogP) is 2.76. The molecule has 1 amide bonds. The van der Waals surface area contributed by atoms with Gasteiger partial charge in [-0.1, -0.05) is 30.3 Å². The molecule has 0 saturated heterocycles. The fourth-order valence-corrected chi connectivity index (χ4v) is 2.43. The van der Waals surface area contributed by atoms with Crippen LogP contribution in [-0.2, 0) is 11.2 Å². The number of aryl methyl sites for hydroxylation is 2. The summed E-state index contributed by atoms with van der Waals surface area (Å²) in [6.45, 7) is 1.97. The number of hydrogen-bond donors (Lipinski definition) is 2. The van der Waals surface area contributed by atoms with Crippen molar-refractivity contribution in [3.05, 3.63) is 53.7 Å². The van der Waals surface area contributed by atoms with Gasteiger partial charge >= 0.3 is 0 Å². The normalized spacial score (nSPS) is 17.1. The van der Waals surface area contributed by atoms with Crippen molar-refractivity contribution in [2.75, 3.05) is 10.6 Å². The van der Waals surface area contributed by atoms with Crippen molar-refractivity contribution in [3.63, 3.8) is 0 Å². The molecule has 0 spiro atoms. The number of aromatic nitrogens is 1. The molecule has 3 rings (SSSR count). The highest BCUT2D eigenvalue weighted by Gasteiger charge is 2.26. The molecule has 0 bridgehead atoms. The molecule has 0 radical (unpaired) electrons. The lowest BCUT2D eigenvalue weighted by molar-refractivity contribution is -0.117. The van der Waals surface area contributed by atoms with Crippen LogP contribution in [0.1, 0.15) is 17.5 Å². The van der Waals surface area contributed by atoms with E-state index in [0.29, 0.717) is 0 Å². The summed E-state index contributed by atoms with van der Waals surface area (Å²) in [5, 5.41) is 6.19. The van der Waals surface area contributed by atoms with E-state index in [0.717, 1.165) is 29.9 Å². The van der Waals surface area contributed by atoms with E-state index in [4.69, 9.17) is 0 Å². The van der Waals surface area contributed by atoms with Gasteiger partial charge in [0.15, 0.2) is 5.82 Å². The Morgan fingerprint density at radius 2 is 2.00 bits per heavy atom. The Morgan fingerprint density at radius 1 is 1.20 bits per heavy atom. The first kappa shape index (κ1) is 12.7. The molecule has 1 aromatic carbocycles. The van der Waals surface area contributed by atoms with Crippen LogP contribution in [0.4, 0.5) is 11.5 Å². The maximum atomic E-state index is 12.1. The highest BCUT2D eigenvalue weighted by atomic mass is 16.2. The molecule has 0 saturated carbocycles. The maximum Gasteiger partial charge on any atom is 0.247 e. The van der Waals surface area contributed by atoms with Gasteiger partial charge in [0.2, 0.25) is 5.91 Å². The van der Waals surface area contributed by atoms with Crippen LogP contribution in [0.15, 0.2) is 42.6 Å². The Bertz CT molecular complexity index is 625. The lowest BCUT2D eigenvalue weighted by Gasteiger charge is -2.26. The van der Waals surface area contributed by atoms with Crippen LogP contribution in [0, 0.1) is 6.92 Å². The second kappa shape index (κ2) is 5.33. The van der Waals surface area contributed by atoms with Crippen LogP contribution < -0.4 is 10.6 Å². The molecule has 2 heterocycles. The van der Waals surface area contributed by atoms with Gasteiger partial charge in [0.1, 0.15) is 6.04 Å². The van der Waals surface area contributed by atoms with Gasteiger partial charge in [-0.25, -0.2) is 4.98 Å². The van der Waals surface area contributed by atoms with E-state index < -0.39 is 0 Å². The number of rotatable bonds is 3. The number of pyridine rings is 1. The Kier molecular flexibility index (Phi) is 3.37. The van der Waals surface area contributed by atoms with E-state index >= 15 is 0 Å². The van der Waals surface area contributed by atoms with Crippen molar-refractivity contribution in [3.8, 4) is 0 Å². The molecule has 20 heavy (non-hydrogen) atoms. The Balaban J connectivity index is 1.71. The number of hydrogen-bond acceptors (Lipinski definition) is 3. The Labute approximate surface area is 118 Å². The van der Waals surface area contributed by atoms with E-state index in [2.05, 4.69) is 27.8 Å². The average molecular weight is 267 g/mol. The number of nitrogens with zero attached hydrogens (tertiary/aromatic N) is 1. The number of amides is 1. The summed E-state index contributed by atoms with van der Waals surface area (Å²) in [5.41, 5.74) is 3.07. The number of anilines is 2. The summed E-state index contributed by atoms with van der Waals surface area (Å²) < 4.78 is 0. The summed E-state index contributed by atoms with van der Waals surface area (Å²) in [4.78, 5) is 16.4. The van der Waals surface area contributed by atoms with E-state index in [1.165, 1.54) is 5.56 Å². The highest BCUT2D eigenvalue weighted by molar-refractivity contribution is 6.02. The predicted molar refractivity (Wildman–Crippen MR) is 79.8 cm³/mol. The Hall–Kier alpha value is -2.36. The van der Waals surface area contributed by atoms with E-state index in [-0.39, 0.29) is 11.9 Å². The smallest absolute Gasteiger partial charge is 0.247 e. The molecule has 4 nitrogen and oxygen atoms in total. The molecular weight excluding hydrogens is 250 g/mol. The molecule has 0 aliphatic carbocycles. The first-order valence-electron chi connectivity index (χ1n) is 6.81. The SMILES string of the molecule is Cc1ccnc2c1NC(=O)C(CCc1ccccc1)N2. The fraction of sp³-hybridized carbons (Fsp3) is 0.250. The van der Waals surface area contributed by atoms with Crippen LogP contribution in [0.2, 0.25) is 0 Å². The minimum atomic E-state index is -0.225. The van der Waals surface area contributed by atoms with Crippen molar-refractivity contribution < 1.29 is 4.79 Å². The molecular formula is C16H17N3O. The van der Waals surface area contributed by atoms with Gasteiger partial charge in [0.25, 0.3) is 0 Å². The van der Waals surface area contributed by atoms with Crippen LogP contribution in [0.5, 0.6) is 0 Å². The van der Waals surface area contributed by atoms with Crippen molar-refractivity contribution in [2.24, 2.45) is 0 Å². The molecule has 1 atom stereocenters. The standard InChI is InChI=1S/C16H17N3O/c1-11-9-10-17-15-14(11)19-16(20)13(18-15)8-7-12-5-3-2-4-6-12/h2-6,9-10,13H,7-8H2,1H3,(H,17,18)(H,19,20). The minimum Gasteiger partial charge on any atom is -0.357 e. The second-order valence-electron chi connectivity index (χ2n) is 5.06. The van der Waals surface area contributed by atoms with Gasteiger partial charge in [-0.2, -0.15) is 0 Å². The fourth-order valence-electron chi connectivity index (χ4n) is 2.43. The number of carbonyl (C=O) groups excluding carboxylic acids is 1. The summed E-state index contributed by atoms with van der Waals surface area (Å²) in [6, 6.07) is 11.9. The lowest BCUT2D eigenvalue weighted by atomic mass is 10.0. The van der Waals surface area contributed by atoms with Gasteiger partial charge in [-0.3, -0.25) is 4.79 Å². The van der Waals surface area contributed by atoms with Gasteiger partial charge in [0, 0.05) is 6.20 Å². The molecule has 1 unspecified atom stereocenters. The summed E-state index contributed by atoms with van der Waals surface area (Å²) in [5.74, 6) is 0.784. The van der Waals surface area contributed by atoms with Crippen LogP contribution in [0.25, 0.3) is 0 Å². The largest absolute Gasteiger partial charge is 0.357 e. The first-order chi connectivity index (χ1) is 9.74. The van der Waals surface area contributed by atoms with Crippen LogP contribution in [-0.4, -0.2) is 16.9 Å². The summed E-state index contributed by atoms with van der Waals surface area (Å²) >= 11 is 0. The number of carbonyl (C=O) groups is 1. The number of fused-ring (bicyclic) bond motifs is 1. The third-order valence-corrected chi connectivity index (χ3v) is 3.60. The third kappa shape index (κ3) is 2.50. The van der Waals surface area contributed by atoms with E-state index in [9.17, 15) is 4.79 Å². The van der Waals surface area contributed by atoms with Gasteiger partial charge < -0.3 is 10.6 Å². The second-order valence-corrected chi connectivity index (χ2v) is 5.06. The average Bonchev–Trinajstić information content (AvgIpc) is 2.47. The molecule has 4 heteroatoms. The summed E-state index contributed by atoms with van der Waals surface area (Å²) in [7, 11) is 0. The molecule has 102 valence electrons. The van der Waals surface area contributed by atoms with Gasteiger partial charge in [-0.15, -0.1) is 0 Å². The zero-order valence-electron chi connectivity index (χ0n) is 11.4. The molecule has 0 fully saturated rings. The monoisotopic (exact) mass is 267 g/mol. The molecule has 1 aliphatic heterocycles. The van der Waals surface area contributed by atoms with Gasteiger partial charge in [0.05, 0.1) is 5.69 Å². The third-order valence-electron chi connectivity index (χ3n) is 3.60. The zero-order valence-corrected chi connectivity index (χ0v) is 11.4. The topological polar surface area (TPSA) is 54.0 Å². The van der Waals surface area contributed by atoms with E-state index in [1.54, 1.807) is 6.20 Å². The lowest BCUT2D eigenvalue weighted by Crippen LogP contribution is -2.39. The Morgan fingerprint density at radius 3 is 2.80 bits per heavy atom. The maximum absolute atomic E-state index is 12.1. The molecule has 1 aliphatic rings. The van der Waals surface area contributed by atoms with Crippen molar-refractivity contribution in [1.29, 1.82) is 0 Å². The van der Waals surface area contributed by atoms with Crippen LogP contribution in [0.3, 0.4) is 0 Å². The minimum absolute atomic E-state index is 0.0181. The highest BCUT2D eigenvalue weighted by Crippen LogP contribution is 2.28.